The van der Waals surface area contributed by atoms with E-state index < -0.39 is 22.0 Å². The number of nitriles is 1. The summed E-state index contributed by atoms with van der Waals surface area (Å²) in [6, 6.07) is 23.6. The van der Waals surface area contributed by atoms with Crippen molar-refractivity contribution in [2.75, 3.05) is 6.79 Å². The Bertz CT molecular complexity index is 1220. The van der Waals surface area contributed by atoms with Crippen LogP contribution in [0.15, 0.2) is 77.7 Å². The smallest absolute Gasteiger partial charge is 0.240 e. The Morgan fingerprint density at radius 3 is 2.44 bits per heavy atom. The van der Waals surface area contributed by atoms with Gasteiger partial charge in [-0.25, -0.2) is 13.1 Å². The molecular weight excluding hydrogens is 424 g/mol. The van der Waals surface area contributed by atoms with Crippen LogP contribution in [0.5, 0.6) is 11.5 Å². The van der Waals surface area contributed by atoms with Gasteiger partial charge in [0.2, 0.25) is 16.8 Å². The second-order valence-electron chi connectivity index (χ2n) is 7.85. The van der Waals surface area contributed by atoms with Gasteiger partial charge < -0.3 is 9.47 Å². The molecule has 6 nitrogen and oxygen atoms in total. The highest BCUT2D eigenvalue weighted by atomic mass is 32.2. The number of ether oxygens (including phenoxy) is 2. The maximum atomic E-state index is 13.1. The molecule has 4 rings (SSSR count). The highest BCUT2D eigenvalue weighted by Crippen LogP contribution is 2.35. The minimum absolute atomic E-state index is 0.156. The fraction of sp³-hybridized carbons (Fsp3) is 0.240. The van der Waals surface area contributed by atoms with Crippen molar-refractivity contribution in [3.63, 3.8) is 0 Å². The summed E-state index contributed by atoms with van der Waals surface area (Å²) in [5.74, 6) is 0.730. The van der Waals surface area contributed by atoms with E-state index in [0.717, 1.165) is 16.7 Å². The van der Waals surface area contributed by atoms with Gasteiger partial charge >= 0.3 is 0 Å². The van der Waals surface area contributed by atoms with E-state index in [1.165, 1.54) is 0 Å². The molecule has 0 saturated carbocycles. The van der Waals surface area contributed by atoms with Crippen molar-refractivity contribution in [1.29, 1.82) is 5.26 Å². The molecule has 0 radical (unpaired) electrons. The molecular formula is C25H24N2O4S. The third kappa shape index (κ3) is 5.10. The molecule has 7 heteroatoms. The summed E-state index contributed by atoms with van der Waals surface area (Å²) >= 11 is 0. The van der Waals surface area contributed by atoms with Crippen LogP contribution in [0.25, 0.3) is 0 Å². The molecule has 1 aliphatic rings. The van der Waals surface area contributed by atoms with Crippen LogP contribution in [0.1, 0.15) is 29.0 Å². The van der Waals surface area contributed by atoms with Crippen molar-refractivity contribution >= 4 is 10.0 Å². The second-order valence-corrected chi connectivity index (χ2v) is 9.57. The molecule has 0 bridgehead atoms. The van der Waals surface area contributed by atoms with E-state index in [2.05, 4.69) is 10.8 Å². The number of nitrogens with one attached hydrogen (secondary N) is 1. The zero-order chi connectivity index (χ0) is 22.6. The van der Waals surface area contributed by atoms with Crippen molar-refractivity contribution in [1.82, 2.24) is 4.72 Å². The summed E-state index contributed by atoms with van der Waals surface area (Å²) in [6.45, 7) is 2.06. The van der Waals surface area contributed by atoms with Crippen LogP contribution < -0.4 is 14.2 Å². The van der Waals surface area contributed by atoms with Gasteiger partial charge in [0, 0.05) is 6.04 Å². The van der Waals surface area contributed by atoms with Gasteiger partial charge in [0.1, 0.15) is 0 Å². The summed E-state index contributed by atoms with van der Waals surface area (Å²) in [6.07, 6.45) is 0.783. The van der Waals surface area contributed by atoms with Crippen LogP contribution in [0.3, 0.4) is 0 Å². The molecule has 3 aromatic rings. The van der Waals surface area contributed by atoms with Crippen molar-refractivity contribution in [2.45, 2.75) is 36.6 Å². The average molecular weight is 449 g/mol. The van der Waals surface area contributed by atoms with Crippen molar-refractivity contribution in [2.24, 2.45) is 0 Å². The topological polar surface area (TPSA) is 88.4 Å². The lowest BCUT2D eigenvalue weighted by Gasteiger charge is -2.22. The quantitative estimate of drug-likeness (QED) is 0.555. The van der Waals surface area contributed by atoms with Crippen LogP contribution in [-0.2, 0) is 16.4 Å². The molecule has 0 aliphatic carbocycles. The standard InChI is InChI=1S/C25H24N2O4S/c1-18-7-10-23(11-8-18)32(28,29)27-22(13-19-5-3-2-4-6-19)14-21(16-26)20-9-12-24-25(15-20)31-17-30-24/h2-12,15,21-22,27H,13-14,17H2,1H3/t21-,22+/m0/s1. The highest BCUT2D eigenvalue weighted by molar-refractivity contribution is 7.89. The Hall–Kier alpha value is -3.34. The predicted octanol–water partition coefficient (Wildman–Crippen LogP) is 4.31. The summed E-state index contributed by atoms with van der Waals surface area (Å²) < 4.78 is 39.8. The van der Waals surface area contributed by atoms with Crippen LogP contribution in [0.4, 0.5) is 0 Å². The van der Waals surface area contributed by atoms with E-state index in [1.54, 1.807) is 36.4 Å². The summed E-state index contributed by atoms with van der Waals surface area (Å²) in [5, 5.41) is 9.89. The summed E-state index contributed by atoms with van der Waals surface area (Å²) in [5.41, 5.74) is 2.74. The van der Waals surface area contributed by atoms with E-state index in [1.807, 2.05) is 43.3 Å². The number of aryl methyl sites for hydroxylation is 1. The first-order valence-corrected chi connectivity index (χ1v) is 11.8. The largest absolute Gasteiger partial charge is 0.454 e. The summed E-state index contributed by atoms with van der Waals surface area (Å²) in [4.78, 5) is 0.206. The van der Waals surface area contributed by atoms with Gasteiger partial charge in [-0.05, 0) is 55.2 Å². The number of rotatable bonds is 8. The molecule has 0 unspecified atom stereocenters. The first-order chi connectivity index (χ1) is 15.4. The van der Waals surface area contributed by atoms with Gasteiger partial charge in [-0.2, -0.15) is 5.26 Å². The Morgan fingerprint density at radius 2 is 1.72 bits per heavy atom. The molecule has 0 saturated heterocycles. The van der Waals surface area contributed by atoms with E-state index in [0.29, 0.717) is 24.3 Å². The zero-order valence-corrected chi connectivity index (χ0v) is 18.5. The minimum atomic E-state index is -3.75. The Labute approximate surface area is 188 Å². The van der Waals surface area contributed by atoms with Crippen LogP contribution in [0, 0.1) is 18.3 Å². The van der Waals surface area contributed by atoms with Crippen molar-refractivity contribution < 1.29 is 17.9 Å². The number of fused-ring (bicyclic) bond motifs is 1. The molecule has 0 amide bonds. The minimum Gasteiger partial charge on any atom is -0.454 e. The normalized spacial score (nSPS) is 14.5. The molecule has 0 spiro atoms. The van der Waals surface area contributed by atoms with Gasteiger partial charge in [-0.1, -0.05) is 54.1 Å². The van der Waals surface area contributed by atoms with Gasteiger partial charge in [-0.15, -0.1) is 0 Å². The molecule has 1 N–H and O–H groups in total. The molecule has 0 fully saturated rings. The SMILES string of the molecule is Cc1ccc(S(=O)(=O)N[C@H](Cc2ccccc2)C[C@@H](C#N)c2ccc3c(c2)OCO3)cc1. The fourth-order valence-electron chi connectivity index (χ4n) is 3.75. The molecule has 2 atom stereocenters. The lowest BCUT2D eigenvalue weighted by atomic mass is 9.91. The highest BCUT2D eigenvalue weighted by Gasteiger charge is 2.26. The van der Waals surface area contributed by atoms with Gasteiger partial charge in [0.25, 0.3) is 0 Å². The fourth-order valence-corrected chi connectivity index (χ4v) is 5.00. The molecule has 1 heterocycles. The van der Waals surface area contributed by atoms with Gasteiger partial charge in [0.05, 0.1) is 16.9 Å². The lowest BCUT2D eigenvalue weighted by Crippen LogP contribution is -2.37. The van der Waals surface area contributed by atoms with E-state index in [4.69, 9.17) is 9.47 Å². The molecule has 0 aromatic heterocycles. The first kappa shape index (κ1) is 21.9. The van der Waals surface area contributed by atoms with E-state index in [-0.39, 0.29) is 11.7 Å². The lowest BCUT2D eigenvalue weighted by molar-refractivity contribution is 0.174. The molecule has 32 heavy (non-hydrogen) atoms. The molecule has 1 aliphatic heterocycles. The number of benzene rings is 3. The third-order valence-electron chi connectivity index (χ3n) is 5.45. The second kappa shape index (κ2) is 9.43. The summed E-state index contributed by atoms with van der Waals surface area (Å²) in [7, 11) is -3.75. The van der Waals surface area contributed by atoms with Gasteiger partial charge in [-0.3, -0.25) is 0 Å². The Morgan fingerprint density at radius 1 is 1.00 bits per heavy atom. The van der Waals surface area contributed by atoms with E-state index in [9.17, 15) is 13.7 Å². The Balaban J connectivity index is 1.60. The van der Waals surface area contributed by atoms with Crippen molar-refractivity contribution in [3.8, 4) is 17.6 Å². The monoisotopic (exact) mass is 448 g/mol. The van der Waals surface area contributed by atoms with Crippen molar-refractivity contribution in [3.05, 3.63) is 89.5 Å². The third-order valence-corrected chi connectivity index (χ3v) is 6.99. The first-order valence-electron chi connectivity index (χ1n) is 10.4. The number of hydrogen-bond acceptors (Lipinski definition) is 5. The Kier molecular flexibility index (Phi) is 6.45. The number of sulfonamides is 1. The maximum absolute atomic E-state index is 13.1. The predicted molar refractivity (Wildman–Crippen MR) is 121 cm³/mol. The average Bonchev–Trinajstić information content (AvgIpc) is 3.26. The molecule has 164 valence electrons. The van der Waals surface area contributed by atoms with E-state index >= 15 is 0 Å². The maximum Gasteiger partial charge on any atom is 0.240 e. The van der Waals surface area contributed by atoms with Crippen LogP contribution in [-0.4, -0.2) is 21.3 Å². The number of nitrogens with zero attached hydrogens (tertiary/aromatic N) is 1. The molecule has 3 aromatic carbocycles. The number of hydrogen-bond donors (Lipinski definition) is 1. The van der Waals surface area contributed by atoms with Crippen LogP contribution >= 0.6 is 0 Å². The zero-order valence-electron chi connectivity index (χ0n) is 17.7. The van der Waals surface area contributed by atoms with Gasteiger partial charge in [0.15, 0.2) is 11.5 Å². The van der Waals surface area contributed by atoms with Crippen LogP contribution in [0.2, 0.25) is 0 Å².